The van der Waals surface area contributed by atoms with Gasteiger partial charge < -0.3 is 38.3 Å². The maximum absolute atomic E-state index is 11.8. The van der Waals surface area contributed by atoms with Crippen LogP contribution < -0.4 is 38.3 Å². The molecule has 0 aliphatic carbocycles. The van der Waals surface area contributed by atoms with E-state index in [0.717, 1.165) is 0 Å². The molecule has 2 amide bonds. The summed E-state index contributed by atoms with van der Waals surface area (Å²) < 4.78 is 5.69. The minimum absolute atomic E-state index is 0.124. The first-order chi connectivity index (χ1) is 23.9. The number of hydrogen-bond donors (Lipinski definition) is 6. The Morgan fingerprint density at radius 2 is 0.941 bits per heavy atom. The Balaban J connectivity index is 0.000000332. The number of Topliss-reactive ketones (excluding diaryl/α,β-unsaturated/α-hetero) is 2. The molecule has 0 saturated heterocycles. The zero-order valence-electron chi connectivity index (χ0n) is 26.9. The topological polar surface area (TPSA) is 292 Å². The van der Waals surface area contributed by atoms with Crippen molar-refractivity contribution in [2.45, 2.75) is 25.9 Å². The monoisotopic (exact) mass is 742 g/mol. The fraction of sp³-hybridized carbons (Fsp3) is 0.125. The summed E-state index contributed by atoms with van der Waals surface area (Å²) in [5.74, 6) is -1.01. The summed E-state index contributed by atoms with van der Waals surface area (Å²) >= 11 is 11.0. The number of carbonyl (C=O) groups excluding carboxylic acids is 4. The van der Waals surface area contributed by atoms with Crippen LogP contribution in [0.3, 0.4) is 0 Å². The van der Waals surface area contributed by atoms with Crippen LogP contribution in [0.25, 0.3) is 0 Å². The SMILES string of the molecule is CC(=O)C(N)C(=O)Nc1ccc(Oc2ccc(NC(=O)C(N)C(C)=O)cc2)cc1.Nc1ccc(Cl)cc1[N+](=O)[O-].Nc1ccc(Cl)cc1[N+](=O)[O-]. The van der Waals surface area contributed by atoms with Gasteiger partial charge >= 0.3 is 0 Å². The Hall–Kier alpha value is -6.14. The largest absolute Gasteiger partial charge is 0.457 e. The Kier molecular flexibility index (Phi) is 15.4. The molecule has 0 radical (unpaired) electrons. The van der Waals surface area contributed by atoms with Gasteiger partial charge in [-0.2, -0.15) is 0 Å². The number of nitrogen functional groups attached to an aromatic ring is 2. The number of halogens is 2. The second-order valence-corrected chi connectivity index (χ2v) is 11.1. The number of nitrogens with one attached hydrogen (secondary N) is 2. The van der Waals surface area contributed by atoms with E-state index in [4.69, 9.17) is 50.9 Å². The van der Waals surface area contributed by atoms with Crippen LogP contribution in [0.5, 0.6) is 11.5 Å². The van der Waals surface area contributed by atoms with E-state index in [1.54, 1.807) is 48.5 Å². The third kappa shape index (κ3) is 13.4. The zero-order valence-corrected chi connectivity index (χ0v) is 28.4. The van der Waals surface area contributed by atoms with E-state index < -0.39 is 45.3 Å². The molecule has 4 aromatic carbocycles. The minimum Gasteiger partial charge on any atom is -0.457 e. The van der Waals surface area contributed by atoms with Gasteiger partial charge in [-0.1, -0.05) is 23.2 Å². The molecule has 0 heterocycles. The highest BCUT2D eigenvalue weighted by atomic mass is 35.5. The molecular weight excluding hydrogens is 711 g/mol. The van der Waals surface area contributed by atoms with Crippen LogP contribution in [0.4, 0.5) is 34.1 Å². The lowest BCUT2D eigenvalue weighted by atomic mass is 10.2. The van der Waals surface area contributed by atoms with Gasteiger partial charge in [0.25, 0.3) is 11.4 Å². The van der Waals surface area contributed by atoms with Gasteiger partial charge in [-0.3, -0.25) is 39.4 Å². The van der Waals surface area contributed by atoms with Gasteiger partial charge in [0.1, 0.15) is 35.0 Å². The molecule has 0 aliphatic heterocycles. The molecule has 2 unspecified atom stereocenters. The van der Waals surface area contributed by atoms with Crippen molar-refractivity contribution in [2.24, 2.45) is 11.5 Å². The number of benzene rings is 4. The number of nitro benzene ring substituents is 2. The molecule has 10 N–H and O–H groups in total. The van der Waals surface area contributed by atoms with Crippen molar-refractivity contribution in [3.8, 4) is 11.5 Å². The fourth-order valence-electron chi connectivity index (χ4n) is 3.51. The van der Waals surface area contributed by atoms with E-state index in [1.807, 2.05) is 0 Å². The average molecular weight is 744 g/mol. The molecule has 0 spiro atoms. The van der Waals surface area contributed by atoms with Gasteiger partial charge in [-0.05, 0) is 86.6 Å². The predicted molar refractivity (Wildman–Crippen MR) is 193 cm³/mol. The molecule has 2 atom stereocenters. The number of nitrogens with zero attached hydrogens (tertiary/aromatic N) is 2. The van der Waals surface area contributed by atoms with Crippen LogP contribution in [-0.4, -0.2) is 45.3 Å². The number of rotatable bonds is 10. The number of carbonyl (C=O) groups is 4. The van der Waals surface area contributed by atoms with Crippen molar-refractivity contribution in [3.63, 3.8) is 0 Å². The minimum atomic E-state index is -1.21. The van der Waals surface area contributed by atoms with Gasteiger partial charge in [0.15, 0.2) is 11.6 Å². The lowest BCUT2D eigenvalue weighted by Crippen LogP contribution is -2.41. The van der Waals surface area contributed by atoms with Crippen molar-refractivity contribution in [1.82, 2.24) is 0 Å². The number of nitrogens with two attached hydrogens (primary N) is 4. The Bertz CT molecular complexity index is 1770. The lowest BCUT2D eigenvalue weighted by molar-refractivity contribution is -0.384. The number of anilines is 4. The standard InChI is InChI=1S/C20H22N4O5.2C6H5ClN2O2/c1-11(25)17(21)19(27)23-13-3-7-15(8-4-13)29-16-9-5-14(6-10-16)24-20(28)18(22)12(2)26;2*7-4-1-2-5(8)6(3-4)9(10)11/h3-10,17-18H,21-22H2,1-2H3,(H,23,27)(H,24,28);2*1-3H,8H2. The van der Waals surface area contributed by atoms with Gasteiger partial charge in [0.05, 0.1) is 9.85 Å². The highest BCUT2D eigenvalue weighted by Crippen LogP contribution is 2.26. The van der Waals surface area contributed by atoms with Crippen LogP contribution in [0.15, 0.2) is 84.9 Å². The van der Waals surface area contributed by atoms with Gasteiger partial charge in [0.2, 0.25) is 11.8 Å². The quantitative estimate of drug-likeness (QED) is 0.0549. The van der Waals surface area contributed by atoms with E-state index in [9.17, 15) is 39.4 Å². The molecule has 0 fully saturated rings. The number of ketones is 2. The van der Waals surface area contributed by atoms with Gasteiger partial charge in [0, 0.05) is 33.6 Å². The molecule has 4 aromatic rings. The van der Waals surface area contributed by atoms with E-state index >= 15 is 0 Å². The molecule has 51 heavy (non-hydrogen) atoms. The lowest BCUT2D eigenvalue weighted by Gasteiger charge is -2.11. The van der Waals surface area contributed by atoms with Crippen LogP contribution in [0.1, 0.15) is 13.8 Å². The number of ether oxygens (including phenoxy) is 1. The van der Waals surface area contributed by atoms with Crippen molar-refractivity contribution in [3.05, 3.63) is 115 Å². The van der Waals surface area contributed by atoms with Gasteiger partial charge in [-0.25, -0.2) is 0 Å². The highest BCUT2D eigenvalue weighted by Gasteiger charge is 2.19. The molecule has 0 aliphatic rings. The van der Waals surface area contributed by atoms with Crippen molar-refractivity contribution >= 4 is 80.7 Å². The number of amides is 2. The average Bonchev–Trinajstić information content (AvgIpc) is 3.08. The molecule has 17 nitrogen and oxygen atoms in total. The van der Waals surface area contributed by atoms with E-state index in [2.05, 4.69) is 10.6 Å². The molecule has 0 bridgehead atoms. The second kappa shape index (κ2) is 19.2. The van der Waals surface area contributed by atoms with E-state index in [0.29, 0.717) is 32.9 Å². The molecule has 0 aromatic heterocycles. The van der Waals surface area contributed by atoms with Gasteiger partial charge in [-0.15, -0.1) is 0 Å². The highest BCUT2D eigenvalue weighted by molar-refractivity contribution is 6.31. The first-order valence-electron chi connectivity index (χ1n) is 14.3. The maximum atomic E-state index is 11.8. The molecule has 4 rings (SSSR count). The summed E-state index contributed by atoms with van der Waals surface area (Å²) in [7, 11) is 0. The van der Waals surface area contributed by atoms with Crippen LogP contribution in [0, 0.1) is 20.2 Å². The molecule has 268 valence electrons. The Morgan fingerprint density at radius 1 is 0.627 bits per heavy atom. The summed E-state index contributed by atoms with van der Waals surface area (Å²) in [6.07, 6.45) is 0. The summed E-state index contributed by atoms with van der Waals surface area (Å²) in [4.78, 5) is 65.1. The maximum Gasteiger partial charge on any atom is 0.293 e. The Labute approximate surface area is 300 Å². The predicted octanol–water partition coefficient (Wildman–Crippen LogP) is 4.85. The zero-order chi connectivity index (χ0) is 38.4. The summed E-state index contributed by atoms with van der Waals surface area (Å²) in [6, 6.07) is 18.8. The first kappa shape index (κ1) is 41.0. The van der Waals surface area contributed by atoms with E-state index in [-0.39, 0.29) is 22.7 Å². The normalized spacial score (nSPS) is 11.2. The molecule has 19 heteroatoms. The van der Waals surface area contributed by atoms with Crippen LogP contribution in [0.2, 0.25) is 10.0 Å². The van der Waals surface area contributed by atoms with Crippen molar-refractivity contribution in [1.29, 1.82) is 0 Å². The third-order valence-corrected chi connectivity index (χ3v) is 6.77. The summed E-state index contributed by atoms with van der Waals surface area (Å²) in [5, 5.41) is 26.2. The van der Waals surface area contributed by atoms with E-state index in [1.165, 1.54) is 50.2 Å². The fourth-order valence-corrected chi connectivity index (χ4v) is 3.84. The molecule has 0 saturated carbocycles. The number of hydrogen-bond acceptors (Lipinski definition) is 13. The Morgan fingerprint density at radius 3 is 1.20 bits per heavy atom. The first-order valence-corrected chi connectivity index (χ1v) is 15.1. The molecular formula is C32H32Cl2N8O9. The third-order valence-electron chi connectivity index (χ3n) is 6.30. The van der Waals surface area contributed by atoms with Crippen LogP contribution >= 0.6 is 23.2 Å². The van der Waals surface area contributed by atoms with Crippen molar-refractivity contribution in [2.75, 3.05) is 22.1 Å². The second-order valence-electron chi connectivity index (χ2n) is 10.2. The van der Waals surface area contributed by atoms with Crippen LogP contribution in [-0.2, 0) is 19.2 Å². The number of nitro groups is 2. The summed E-state index contributed by atoms with van der Waals surface area (Å²) in [6.45, 7) is 2.49. The smallest absolute Gasteiger partial charge is 0.293 e. The summed E-state index contributed by atoms with van der Waals surface area (Å²) in [5.41, 5.74) is 22.4. The van der Waals surface area contributed by atoms with Crippen molar-refractivity contribution < 1.29 is 33.8 Å².